The molecule has 0 radical (unpaired) electrons. The molecule has 2 aromatic rings. The molecule has 1 saturated carbocycles. The van der Waals surface area contributed by atoms with Gasteiger partial charge in [-0.25, -0.2) is 0 Å². The molecule has 2 nitrogen and oxygen atoms in total. The van der Waals surface area contributed by atoms with Gasteiger partial charge in [-0.2, -0.15) is 26.3 Å². The zero-order valence-electron chi connectivity index (χ0n) is 17.1. The van der Waals surface area contributed by atoms with Gasteiger partial charge >= 0.3 is 12.4 Å². The largest absolute Gasteiger partial charge is 0.416 e. The summed E-state index contributed by atoms with van der Waals surface area (Å²) >= 11 is 0. The molecule has 2 N–H and O–H groups in total. The second kappa shape index (κ2) is 8.82. The highest BCUT2D eigenvalue weighted by Gasteiger charge is 2.39. The maximum Gasteiger partial charge on any atom is 0.416 e. The minimum Gasteiger partial charge on any atom is -0.373 e. The van der Waals surface area contributed by atoms with Gasteiger partial charge < -0.3 is 10.5 Å². The average Bonchev–Trinajstić information content (AvgIpc) is 2.72. The maximum absolute atomic E-state index is 13.2. The molecule has 31 heavy (non-hydrogen) atoms. The Morgan fingerprint density at radius 1 is 0.935 bits per heavy atom. The summed E-state index contributed by atoms with van der Waals surface area (Å²) in [5.74, 6) is 0. The van der Waals surface area contributed by atoms with E-state index in [0.717, 1.165) is 43.4 Å². The first-order valence-electron chi connectivity index (χ1n) is 10.1. The van der Waals surface area contributed by atoms with Gasteiger partial charge in [-0.1, -0.05) is 30.3 Å². The Kier molecular flexibility index (Phi) is 6.72. The van der Waals surface area contributed by atoms with Crippen LogP contribution < -0.4 is 5.73 Å². The van der Waals surface area contributed by atoms with Gasteiger partial charge in [-0.15, -0.1) is 0 Å². The number of halogens is 6. The highest BCUT2D eigenvalue weighted by atomic mass is 19.4. The molecule has 1 atom stereocenters. The molecule has 0 saturated heterocycles. The molecule has 0 heterocycles. The van der Waals surface area contributed by atoms with E-state index in [1.165, 1.54) is 6.92 Å². The molecule has 1 aliphatic carbocycles. The molecule has 0 spiro atoms. The summed E-state index contributed by atoms with van der Waals surface area (Å²) in [6.07, 6.45) is -7.70. The Morgan fingerprint density at radius 3 is 1.94 bits per heavy atom. The lowest BCUT2D eigenvalue weighted by atomic mass is 9.69. The van der Waals surface area contributed by atoms with Crippen LogP contribution in [-0.4, -0.2) is 12.6 Å². The van der Waals surface area contributed by atoms with Crippen LogP contribution in [0, 0.1) is 0 Å². The third-order valence-corrected chi connectivity index (χ3v) is 6.06. The van der Waals surface area contributed by atoms with Gasteiger partial charge in [0.2, 0.25) is 0 Å². The van der Waals surface area contributed by atoms with Crippen LogP contribution in [-0.2, 0) is 22.5 Å². The minimum absolute atomic E-state index is 0.0760. The smallest absolute Gasteiger partial charge is 0.373 e. The minimum atomic E-state index is -4.89. The van der Waals surface area contributed by atoms with Gasteiger partial charge in [-0.05, 0) is 61.9 Å². The fourth-order valence-electron chi connectivity index (χ4n) is 4.10. The Labute approximate surface area is 177 Å². The van der Waals surface area contributed by atoms with Crippen LogP contribution in [0.3, 0.4) is 0 Å². The van der Waals surface area contributed by atoms with Crippen LogP contribution in [0.2, 0.25) is 0 Å². The van der Waals surface area contributed by atoms with Crippen molar-refractivity contribution in [3.8, 4) is 0 Å². The molecule has 8 heteroatoms. The first-order chi connectivity index (χ1) is 14.4. The standard InChI is InChI=1S/C23H25F6NO/c1-15(16-11-18(22(24,25)26)13-19(12-16)23(27,28)29)31-14-21(9-7-20(30)8-10-21)17-5-3-2-4-6-17/h2-6,11-13,15,20H,7-10,14,30H2,1H3/t15-,20-,21+/m1/s1. The van der Waals surface area contributed by atoms with Crippen LogP contribution in [0.1, 0.15) is 61.0 Å². The van der Waals surface area contributed by atoms with E-state index in [-0.39, 0.29) is 29.7 Å². The van der Waals surface area contributed by atoms with E-state index in [1.807, 2.05) is 30.3 Å². The lowest BCUT2D eigenvalue weighted by molar-refractivity contribution is -0.143. The fourth-order valence-corrected chi connectivity index (χ4v) is 4.10. The Morgan fingerprint density at radius 2 is 1.45 bits per heavy atom. The first kappa shape index (κ1) is 23.6. The number of hydrogen-bond donors (Lipinski definition) is 1. The second-order valence-corrected chi connectivity index (χ2v) is 8.28. The van der Waals surface area contributed by atoms with Gasteiger partial charge in [0.15, 0.2) is 0 Å². The van der Waals surface area contributed by atoms with Gasteiger partial charge in [0.25, 0.3) is 0 Å². The lowest BCUT2D eigenvalue weighted by Crippen LogP contribution is -2.40. The Hall–Kier alpha value is -2.06. The van der Waals surface area contributed by atoms with Crippen LogP contribution in [0.4, 0.5) is 26.3 Å². The van der Waals surface area contributed by atoms with Crippen molar-refractivity contribution in [2.75, 3.05) is 6.61 Å². The van der Waals surface area contributed by atoms with Crippen LogP contribution in [0.15, 0.2) is 48.5 Å². The molecule has 0 aromatic heterocycles. The summed E-state index contributed by atoms with van der Waals surface area (Å²) in [6.45, 7) is 1.66. The summed E-state index contributed by atoms with van der Waals surface area (Å²) in [7, 11) is 0. The van der Waals surface area contributed by atoms with Gasteiger partial charge in [0, 0.05) is 11.5 Å². The van der Waals surface area contributed by atoms with E-state index in [4.69, 9.17) is 10.5 Å². The monoisotopic (exact) mass is 445 g/mol. The van der Waals surface area contributed by atoms with Crippen molar-refractivity contribution in [1.82, 2.24) is 0 Å². The summed E-state index contributed by atoms with van der Waals surface area (Å²) in [5, 5.41) is 0. The fraction of sp³-hybridized carbons (Fsp3) is 0.478. The topological polar surface area (TPSA) is 35.2 Å². The van der Waals surface area contributed by atoms with Crippen LogP contribution in [0.25, 0.3) is 0 Å². The molecule has 0 bridgehead atoms. The molecule has 1 aliphatic rings. The Bertz CT molecular complexity index is 838. The molecule has 1 fully saturated rings. The SMILES string of the molecule is C[C@@H](OC[C@]1(c2ccccc2)CC[C@@H](N)CC1)c1cc(C(F)(F)F)cc(C(F)(F)F)c1. The predicted molar refractivity (Wildman–Crippen MR) is 105 cm³/mol. The lowest BCUT2D eigenvalue weighted by Gasteiger charge is -2.40. The van der Waals surface area contributed by atoms with Crippen LogP contribution in [0.5, 0.6) is 0 Å². The molecule has 170 valence electrons. The van der Waals surface area contributed by atoms with Crippen molar-refractivity contribution in [3.05, 3.63) is 70.8 Å². The number of rotatable bonds is 5. The van der Waals surface area contributed by atoms with E-state index >= 15 is 0 Å². The zero-order chi connectivity index (χ0) is 22.9. The van der Waals surface area contributed by atoms with Crippen molar-refractivity contribution in [3.63, 3.8) is 0 Å². The molecule has 0 amide bonds. The normalized spacial score (nSPS) is 23.5. The van der Waals surface area contributed by atoms with Crippen molar-refractivity contribution in [2.24, 2.45) is 5.73 Å². The number of benzene rings is 2. The van der Waals surface area contributed by atoms with Gasteiger partial charge in [0.1, 0.15) is 0 Å². The van der Waals surface area contributed by atoms with Crippen molar-refractivity contribution in [1.29, 1.82) is 0 Å². The maximum atomic E-state index is 13.2. The number of ether oxygens (including phenoxy) is 1. The second-order valence-electron chi connectivity index (χ2n) is 8.28. The van der Waals surface area contributed by atoms with E-state index in [2.05, 4.69) is 0 Å². The zero-order valence-corrected chi connectivity index (χ0v) is 17.1. The first-order valence-corrected chi connectivity index (χ1v) is 10.1. The highest BCUT2D eigenvalue weighted by molar-refractivity contribution is 5.35. The molecular weight excluding hydrogens is 420 g/mol. The summed E-state index contributed by atoms with van der Waals surface area (Å²) in [5.41, 5.74) is 3.87. The molecule has 0 aliphatic heterocycles. The third-order valence-electron chi connectivity index (χ3n) is 6.06. The van der Waals surface area contributed by atoms with Gasteiger partial charge in [0.05, 0.1) is 23.8 Å². The summed E-state index contributed by atoms with van der Waals surface area (Å²) in [6, 6.07) is 11.3. The van der Waals surface area contributed by atoms with E-state index in [1.54, 1.807) is 0 Å². The third kappa shape index (κ3) is 5.60. The molecule has 3 rings (SSSR count). The molecule has 0 unspecified atom stereocenters. The van der Waals surface area contributed by atoms with Crippen molar-refractivity contribution < 1.29 is 31.1 Å². The van der Waals surface area contributed by atoms with E-state index < -0.39 is 29.6 Å². The average molecular weight is 445 g/mol. The predicted octanol–water partition coefficient (Wildman–Crippen LogP) is 6.64. The van der Waals surface area contributed by atoms with Crippen LogP contribution >= 0.6 is 0 Å². The van der Waals surface area contributed by atoms with Gasteiger partial charge in [-0.3, -0.25) is 0 Å². The summed E-state index contributed by atoms with van der Waals surface area (Å²) < 4.78 is 85.0. The van der Waals surface area contributed by atoms with Crippen molar-refractivity contribution in [2.45, 2.75) is 62.5 Å². The number of nitrogens with two attached hydrogens (primary N) is 1. The Balaban J connectivity index is 1.87. The molecular formula is C23H25F6NO. The number of alkyl halides is 6. The van der Waals surface area contributed by atoms with E-state index in [0.29, 0.717) is 0 Å². The quantitative estimate of drug-likeness (QED) is 0.524. The van der Waals surface area contributed by atoms with E-state index in [9.17, 15) is 26.3 Å². The van der Waals surface area contributed by atoms with Crippen molar-refractivity contribution >= 4 is 0 Å². The summed E-state index contributed by atoms with van der Waals surface area (Å²) in [4.78, 5) is 0. The molecule has 2 aromatic carbocycles. The number of hydrogen-bond acceptors (Lipinski definition) is 2. The highest BCUT2D eigenvalue weighted by Crippen LogP contribution is 2.42.